The first kappa shape index (κ1) is 13.0. The first-order valence-corrected chi connectivity index (χ1v) is 6.85. The van der Waals surface area contributed by atoms with Crippen molar-refractivity contribution in [2.45, 2.75) is 38.7 Å². The summed E-state index contributed by atoms with van der Waals surface area (Å²) in [7, 11) is 0. The summed E-state index contributed by atoms with van der Waals surface area (Å²) in [6, 6.07) is 4.96. The van der Waals surface area contributed by atoms with Gasteiger partial charge in [-0.25, -0.2) is 4.39 Å². The van der Waals surface area contributed by atoms with E-state index in [9.17, 15) is 9.50 Å². The summed E-state index contributed by atoms with van der Waals surface area (Å²) >= 11 is 3.17. The highest BCUT2D eigenvalue weighted by atomic mass is 79.9. The van der Waals surface area contributed by atoms with Crippen LogP contribution in [-0.2, 0) is 6.42 Å². The van der Waals surface area contributed by atoms with E-state index in [0.717, 1.165) is 18.4 Å². The summed E-state index contributed by atoms with van der Waals surface area (Å²) in [5.41, 5.74) is 0.412. The van der Waals surface area contributed by atoms with Crippen LogP contribution in [0.1, 0.15) is 32.3 Å². The lowest BCUT2D eigenvalue weighted by molar-refractivity contribution is -0.0860. The highest BCUT2D eigenvalue weighted by molar-refractivity contribution is 9.10. The van der Waals surface area contributed by atoms with Crippen LogP contribution >= 0.6 is 15.9 Å². The molecule has 94 valence electrons. The molecule has 0 aromatic heterocycles. The fraction of sp³-hybridized carbons (Fsp3) is 0.571. The molecule has 1 saturated carbocycles. The summed E-state index contributed by atoms with van der Waals surface area (Å²) < 4.78 is 13.6. The lowest BCUT2D eigenvalue weighted by Crippen LogP contribution is -2.47. The first-order chi connectivity index (χ1) is 7.89. The minimum atomic E-state index is -0.577. The summed E-state index contributed by atoms with van der Waals surface area (Å²) in [5, 5.41) is 10.3. The summed E-state index contributed by atoms with van der Waals surface area (Å²) in [5.74, 6) is 1.01. The highest BCUT2D eigenvalue weighted by Crippen LogP contribution is 2.44. The number of hydrogen-bond donors (Lipinski definition) is 1. The van der Waals surface area contributed by atoms with Crippen molar-refractivity contribution in [2.24, 2.45) is 11.8 Å². The van der Waals surface area contributed by atoms with Crippen LogP contribution in [0, 0.1) is 17.7 Å². The molecule has 3 heteroatoms. The topological polar surface area (TPSA) is 20.2 Å². The standard InChI is InChI=1S/C14H18BrFO/c1-9(2)11-7-14(17,8-11)6-10-3-4-13(16)12(15)5-10/h3-5,9,11,17H,6-8H2,1-2H3. The molecule has 1 aliphatic carbocycles. The van der Waals surface area contributed by atoms with Crippen LogP contribution in [0.5, 0.6) is 0 Å². The highest BCUT2D eigenvalue weighted by Gasteiger charge is 2.43. The Kier molecular flexibility index (Phi) is 3.60. The van der Waals surface area contributed by atoms with Gasteiger partial charge in [-0.15, -0.1) is 0 Å². The molecule has 0 aliphatic heterocycles. The third kappa shape index (κ3) is 2.89. The quantitative estimate of drug-likeness (QED) is 0.897. The average molecular weight is 301 g/mol. The van der Waals surface area contributed by atoms with Crippen molar-refractivity contribution in [3.8, 4) is 0 Å². The van der Waals surface area contributed by atoms with Gasteiger partial charge in [-0.1, -0.05) is 19.9 Å². The van der Waals surface area contributed by atoms with Crippen LogP contribution in [0.25, 0.3) is 0 Å². The Morgan fingerprint density at radius 3 is 2.65 bits per heavy atom. The molecule has 0 saturated heterocycles. The van der Waals surface area contributed by atoms with Gasteiger partial charge in [0.1, 0.15) is 5.82 Å². The van der Waals surface area contributed by atoms with Crippen LogP contribution in [0.4, 0.5) is 4.39 Å². The molecule has 1 N–H and O–H groups in total. The van der Waals surface area contributed by atoms with Gasteiger partial charge < -0.3 is 5.11 Å². The van der Waals surface area contributed by atoms with Crippen LogP contribution < -0.4 is 0 Å². The van der Waals surface area contributed by atoms with Gasteiger partial charge in [0.15, 0.2) is 0 Å². The monoisotopic (exact) mass is 300 g/mol. The van der Waals surface area contributed by atoms with Crippen molar-refractivity contribution < 1.29 is 9.50 Å². The zero-order valence-corrected chi connectivity index (χ0v) is 11.8. The van der Waals surface area contributed by atoms with Crippen molar-refractivity contribution in [3.63, 3.8) is 0 Å². The van der Waals surface area contributed by atoms with E-state index < -0.39 is 5.60 Å². The zero-order valence-electron chi connectivity index (χ0n) is 10.2. The summed E-state index contributed by atoms with van der Waals surface area (Å²) in [6.45, 7) is 4.39. The molecular weight excluding hydrogens is 283 g/mol. The van der Waals surface area contributed by atoms with E-state index in [1.807, 2.05) is 0 Å². The first-order valence-electron chi connectivity index (χ1n) is 6.06. The molecule has 1 aliphatic rings. The van der Waals surface area contributed by atoms with Crippen LogP contribution in [0.2, 0.25) is 0 Å². The predicted molar refractivity (Wildman–Crippen MR) is 70.3 cm³/mol. The maximum absolute atomic E-state index is 13.1. The summed E-state index contributed by atoms with van der Waals surface area (Å²) in [6.07, 6.45) is 2.34. The van der Waals surface area contributed by atoms with Gasteiger partial charge in [0.2, 0.25) is 0 Å². The molecule has 0 heterocycles. The average Bonchev–Trinajstić information content (AvgIpc) is 2.19. The van der Waals surface area contributed by atoms with Crippen molar-refractivity contribution in [1.82, 2.24) is 0 Å². The van der Waals surface area contributed by atoms with Crippen molar-refractivity contribution in [1.29, 1.82) is 0 Å². The molecule has 0 radical (unpaired) electrons. The smallest absolute Gasteiger partial charge is 0.137 e. The van der Waals surface area contributed by atoms with E-state index in [-0.39, 0.29) is 5.82 Å². The Morgan fingerprint density at radius 2 is 2.12 bits per heavy atom. The van der Waals surface area contributed by atoms with E-state index in [0.29, 0.717) is 22.7 Å². The van der Waals surface area contributed by atoms with Crippen molar-refractivity contribution >= 4 is 15.9 Å². The third-order valence-corrected chi connectivity index (χ3v) is 4.35. The Hall–Kier alpha value is -0.410. The minimum Gasteiger partial charge on any atom is -0.390 e. The van der Waals surface area contributed by atoms with E-state index in [4.69, 9.17) is 0 Å². The number of benzene rings is 1. The maximum atomic E-state index is 13.1. The van der Waals surface area contributed by atoms with Gasteiger partial charge in [-0.05, 0) is 58.3 Å². The normalized spacial score (nSPS) is 28.2. The molecule has 1 fully saturated rings. The molecule has 1 aromatic carbocycles. The van der Waals surface area contributed by atoms with Crippen LogP contribution in [-0.4, -0.2) is 10.7 Å². The van der Waals surface area contributed by atoms with Gasteiger partial charge in [-0.2, -0.15) is 0 Å². The van der Waals surface area contributed by atoms with Gasteiger partial charge in [0, 0.05) is 6.42 Å². The van der Waals surface area contributed by atoms with Gasteiger partial charge >= 0.3 is 0 Å². The maximum Gasteiger partial charge on any atom is 0.137 e. The third-order valence-electron chi connectivity index (χ3n) is 3.74. The lowest BCUT2D eigenvalue weighted by atomic mass is 9.64. The molecule has 1 nitrogen and oxygen atoms in total. The Labute approximate surface area is 110 Å². The van der Waals surface area contributed by atoms with Crippen LogP contribution in [0.3, 0.4) is 0 Å². The fourth-order valence-corrected chi connectivity index (χ4v) is 2.99. The molecule has 0 amide bonds. The SMILES string of the molecule is CC(C)C1CC(O)(Cc2ccc(F)c(Br)c2)C1. The fourth-order valence-electron chi connectivity index (χ4n) is 2.56. The molecular formula is C14H18BrFO. The van der Waals surface area contributed by atoms with Crippen LogP contribution in [0.15, 0.2) is 22.7 Å². The van der Waals surface area contributed by atoms with E-state index in [1.54, 1.807) is 12.1 Å². The lowest BCUT2D eigenvalue weighted by Gasteiger charge is -2.46. The largest absolute Gasteiger partial charge is 0.390 e. The molecule has 2 rings (SSSR count). The van der Waals surface area contributed by atoms with Gasteiger partial charge in [0.25, 0.3) is 0 Å². The Morgan fingerprint density at radius 1 is 1.47 bits per heavy atom. The number of halogens is 2. The molecule has 17 heavy (non-hydrogen) atoms. The van der Waals surface area contributed by atoms with Crippen molar-refractivity contribution in [2.75, 3.05) is 0 Å². The van der Waals surface area contributed by atoms with E-state index in [2.05, 4.69) is 29.8 Å². The Balaban J connectivity index is 2.00. The number of aliphatic hydroxyl groups is 1. The second kappa shape index (κ2) is 4.69. The Bertz CT molecular complexity index is 411. The molecule has 0 spiro atoms. The second-order valence-electron chi connectivity index (χ2n) is 5.56. The molecule has 0 bridgehead atoms. The molecule has 1 aromatic rings. The van der Waals surface area contributed by atoms with Gasteiger partial charge in [-0.3, -0.25) is 0 Å². The number of hydrogen-bond acceptors (Lipinski definition) is 1. The number of rotatable bonds is 3. The summed E-state index contributed by atoms with van der Waals surface area (Å²) in [4.78, 5) is 0. The second-order valence-corrected chi connectivity index (χ2v) is 6.42. The predicted octanol–water partition coefficient (Wildman–Crippen LogP) is 3.93. The minimum absolute atomic E-state index is 0.255. The van der Waals surface area contributed by atoms with Crippen molar-refractivity contribution in [3.05, 3.63) is 34.1 Å². The van der Waals surface area contributed by atoms with E-state index >= 15 is 0 Å². The van der Waals surface area contributed by atoms with E-state index in [1.165, 1.54) is 6.07 Å². The van der Waals surface area contributed by atoms with Gasteiger partial charge in [0.05, 0.1) is 10.1 Å². The molecule has 0 unspecified atom stereocenters. The zero-order chi connectivity index (χ0) is 12.6. The molecule has 0 atom stereocenters.